The van der Waals surface area contributed by atoms with E-state index in [1.807, 2.05) is 18.2 Å². The number of carbonyl (C=O) groups is 1. The van der Waals surface area contributed by atoms with Crippen LogP contribution >= 0.6 is 11.8 Å². The van der Waals surface area contributed by atoms with E-state index in [0.717, 1.165) is 25.4 Å². The molecule has 4 nitrogen and oxygen atoms in total. The van der Waals surface area contributed by atoms with Gasteiger partial charge in [0, 0.05) is 32.4 Å². The normalized spacial score (nSPS) is 16.9. The minimum Gasteiger partial charge on any atom is -0.378 e. The summed E-state index contributed by atoms with van der Waals surface area (Å²) >= 11 is 1.76. The van der Waals surface area contributed by atoms with E-state index in [4.69, 9.17) is 4.74 Å². The van der Waals surface area contributed by atoms with Crippen molar-refractivity contribution in [3.05, 3.63) is 0 Å². The van der Waals surface area contributed by atoms with Gasteiger partial charge in [-0.05, 0) is 6.26 Å². The summed E-state index contributed by atoms with van der Waals surface area (Å²) < 4.78 is 5.19. The van der Waals surface area contributed by atoms with Crippen LogP contribution in [-0.2, 0) is 4.74 Å². The van der Waals surface area contributed by atoms with E-state index in [1.54, 1.807) is 16.7 Å². The molecule has 0 aliphatic carbocycles. The Morgan fingerprint density at radius 2 is 2.14 bits per heavy atom. The number of thioether (sulfide) groups is 1. The predicted octanol–water partition coefficient (Wildman–Crippen LogP) is 0.733. The number of rotatable bonds is 3. The molecule has 0 aromatic carbocycles. The fourth-order valence-electron chi connectivity index (χ4n) is 1.32. The molecule has 0 atom stereocenters. The van der Waals surface area contributed by atoms with E-state index >= 15 is 0 Å². The van der Waals surface area contributed by atoms with Gasteiger partial charge in [-0.2, -0.15) is 11.8 Å². The van der Waals surface area contributed by atoms with Gasteiger partial charge in [-0.25, -0.2) is 4.79 Å². The van der Waals surface area contributed by atoms with Gasteiger partial charge >= 0.3 is 6.03 Å². The first-order valence-electron chi connectivity index (χ1n) is 4.82. The standard InChI is InChI=1S/C9H18N2O2S/c1-10(5-8-14-2)9(12)11-3-6-13-7-4-11/h3-8H2,1-2H3. The number of nitrogens with zero attached hydrogens (tertiary/aromatic N) is 2. The van der Waals surface area contributed by atoms with Gasteiger partial charge in [0.25, 0.3) is 0 Å². The fraction of sp³-hybridized carbons (Fsp3) is 0.889. The number of amides is 2. The summed E-state index contributed by atoms with van der Waals surface area (Å²) in [4.78, 5) is 15.4. The van der Waals surface area contributed by atoms with Crippen molar-refractivity contribution in [1.82, 2.24) is 9.80 Å². The molecule has 5 heteroatoms. The quantitative estimate of drug-likeness (QED) is 0.700. The first-order chi connectivity index (χ1) is 6.75. The minimum absolute atomic E-state index is 0.127. The van der Waals surface area contributed by atoms with Crippen LogP contribution in [-0.4, -0.2) is 67.7 Å². The lowest BCUT2D eigenvalue weighted by molar-refractivity contribution is 0.0457. The first-order valence-corrected chi connectivity index (χ1v) is 6.22. The van der Waals surface area contributed by atoms with Crippen LogP contribution < -0.4 is 0 Å². The minimum atomic E-state index is 0.127. The Morgan fingerprint density at radius 3 is 2.71 bits per heavy atom. The van der Waals surface area contributed by atoms with Gasteiger partial charge in [0.05, 0.1) is 13.2 Å². The van der Waals surface area contributed by atoms with E-state index in [1.165, 1.54) is 0 Å². The zero-order chi connectivity index (χ0) is 10.4. The monoisotopic (exact) mass is 218 g/mol. The molecular formula is C9H18N2O2S. The van der Waals surface area contributed by atoms with Crippen LogP contribution in [0.2, 0.25) is 0 Å². The van der Waals surface area contributed by atoms with Crippen molar-refractivity contribution in [2.24, 2.45) is 0 Å². The highest BCUT2D eigenvalue weighted by molar-refractivity contribution is 7.98. The lowest BCUT2D eigenvalue weighted by Crippen LogP contribution is -2.47. The summed E-state index contributed by atoms with van der Waals surface area (Å²) in [6, 6.07) is 0.127. The van der Waals surface area contributed by atoms with Crippen LogP contribution in [0.3, 0.4) is 0 Å². The van der Waals surface area contributed by atoms with Gasteiger partial charge in [-0.1, -0.05) is 0 Å². The van der Waals surface area contributed by atoms with Gasteiger partial charge in [0.15, 0.2) is 0 Å². The topological polar surface area (TPSA) is 32.8 Å². The van der Waals surface area contributed by atoms with Crippen LogP contribution in [0.1, 0.15) is 0 Å². The average molecular weight is 218 g/mol. The summed E-state index contributed by atoms with van der Waals surface area (Å²) in [7, 11) is 1.86. The molecule has 0 N–H and O–H groups in total. The fourth-order valence-corrected chi connectivity index (χ4v) is 1.78. The molecule has 1 rings (SSSR count). The number of morpholine rings is 1. The van der Waals surface area contributed by atoms with Crippen LogP contribution in [0.25, 0.3) is 0 Å². The van der Waals surface area contributed by atoms with Crippen LogP contribution in [0.4, 0.5) is 4.79 Å². The summed E-state index contributed by atoms with van der Waals surface area (Å²) in [5.74, 6) is 0.993. The Labute approximate surface area is 89.6 Å². The lowest BCUT2D eigenvalue weighted by atomic mass is 10.4. The molecule has 14 heavy (non-hydrogen) atoms. The van der Waals surface area contributed by atoms with Crippen molar-refractivity contribution >= 4 is 17.8 Å². The third kappa shape index (κ3) is 3.38. The Hall–Kier alpha value is -0.420. The van der Waals surface area contributed by atoms with E-state index in [-0.39, 0.29) is 6.03 Å². The summed E-state index contributed by atoms with van der Waals surface area (Å²) in [5.41, 5.74) is 0. The highest BCUT2D eigenvalue weighted by atomic mass is 32.2. The van der Waals surface area contributed by atoms with Gasteiger partial charge < -0.3 is 14.5 Å². The molecular weight excluding hydrogens is 200 g/mol. The predicted molar refractivity (Wildman–Crippen MR) is 58.8 cm³/mol. The molecule has 0 saturated carbocycles. The Bertz CT molecular complexity index is 184. The lowest BCUT2D eigenvalue weighted by Gasteiger charge is -2.30. The van der Waals surface area contributed by atoms with E-state index in [0.29, 0.717) is 13.2 Å². The van der Waals surface area contributed by atoms with Crippen LogP contribution in [0.5, 0.6) is 0 Å². The Kier molecular flexibility index (Phi) is 5.11. The molecule has 0 aromatic rings. The van der Waals surface area contributed by atoms with Crippen LogP contribution in [0, 0.1) is 0 Å². The SMILES string of the molecule is CSCCN(C)C(=O)N1CCOCC1. The van der Waals surface area contributed by atoms with Crippen molar-refractivity contribution in [1.29, 1.82) is 0 Å². The van der Waals surface area contributed by atoms with Gasteiger partial charge in [-0.3, -0.25) is 0 Å². The van der Waals surface area contributed by atoms with E-state index in [2.05, 4.69) is 0 Å². The highest BCUT2D eigenvalue weighted by Gasteiger charge is 2.19. The third-order valence-electron chi connectivity index (χ3n) is 2.24. The number of ether oxygens (including phenoxy) is 1. The average Bonchev–Trinajstić information content (AvgIpc) is 2.26. The third-order valence-corrected chi connectivity index (χ3v) is 2.83. The number of carbonyl (C=O) groups excluding carboxylic acids is 1. The second kappa shape index (κ2) is 6.14. The van der Waals surface area contributed by atoms with Crippen molar-refractivity contribution in [2.75, 3.05) is 51.9 Å². The molecule has 1 fully saturated rings. The number of urea groups is 1. The Morgan fingerprint density at radius 1 is 1.50 bits per heavy atom. The second-order valence-electron chi connectivity index (χ2n) is 3.30. The summed E-state index contributed by atoms with van der Waals surface area (Å²) in [5, 5.41) is 0. The molecule has 1 aliphatic rings. The number of hydrogen-bond donors (Lipinski definition) is 0. The molecule has 2 amide bonds. The molecule has 0 bridgehead atoms. The maximum atomic E-state index is 11.8. The number of hydrogen-bond acceptors (Lipinski definition) is 3. The maximum absolute atomic E-state index is 11.8. The summed E-state index contributed by atoms with van der Waals surface area (Å²) in [6.07, 6.45) is 2.05. The van der Waals surface area contributed by atoms with E-state index < -0.39 is 0 Å². The molecule has 0 unspecified atom stereocenters. The van der Waals surface area contributed by atoms with Crippen molar-refractivity contribution in [3.63, 3.8) is 0 Å². The van der Waals surface area contributed by atoms with Gasteiger partial charge in [0.2, 0.25) is 0 Å². The second-order valence-corrected chi connectivity index (χ2v) is 4.28. The molecule has 1 saturated heterocycles. The smallest absolute Gasteiger partial charge is 0.319 e. The first kappa shape index (κ1) is 11.7. The van der Waals surface area contributed by atoms with E-state index in [9.17, 15) is 4.79 Å². The van der Waals surface area contributed by atoms with Crippen molar-refractivity contribution in [2.45, 2.75) is 0 Å². The Balaban J connectivity index is 2.30. The molecule has 0 radical (unpaired) electrons. The van der Waals surface area contributed by atoms with Gasteiger partial charge in [0.1, 0.15) is 0 Å². The highest BCUT2D eigenvalue weighted by Crippen LogP contribution is 2.02. The largest absolute Gasteiger partial charge is 0.378 e. The molecule has 0 spiro atoms. The molecule has 1 heterocycles. The van der Waals surface area contributed by atoms with Crippen molar-refractivity contribution in [3.8, 4) is 0 Å². The summed E-state index contributed by atoms with van der Waals surface area (Å²) in [6.45, 7) is 3.60. The molecule has 0 aromatic heterocycles. The maximum Gasteiger partial charge on any atom is 0.319 e. The van der Waals surface area contributed by atoms with Crippen molar-refractivity contribution < 1.29 is 9.53 Å². The van der Waals surface area contributed by atoms with Gasteiger partial charge in [-0.15, -0.1) is 0 Å². The van der Waals surface area contributed by atoms with Crippen LogP contribution in [0.15, 0.2) is 0 Å². The zero-order valence-electron chi connectivity index (χ0n) is 8.86. The molecule has 82 valence electrons. The zero-order valence-corrected chi connectivity index (χ0v) is 9.68. The molecule has 1 aliphatic heterocycles.